The number of aromatic amines is 1. The third kappa shape index (κ3) is 1.35. The van der Waals surface area contributed by atoms with Gasteiger partial charge in [0, 0.05) is 18.0 Å². The Balaban J connectivity index is 2.38. The summed E-state index contributed by atoms with van der Waals surface area (Å²) in [7, 11) is 0. The van der Waals surface area contributed by atoms with Crippen LogP contribution in [0, 0.1) is 4.77 Å². The molecule has 4 heteroatoms. The van der Waals surface area contributed by atoms with Crippen LogP contribution >= 0.6 is 12.2 Å². The van der Waals surface area contributed by atoms with Gasteiger partial charge in [-0.25, -0.2) is 0 Å². The fraction of sp³-hybridized carbons (Fsp3) is 0. The first-order chi connectivity index (χ1) is 7.86. The summed E-state index contributed by atoms with van der Waals surface area (Å²) in [5, 5.41) is 0. The van der Waals surface area contributed by atoms with Crippen molar-refractivity contribution in [3.63, 3.8) is 0 Å². The van der Waals surface area contributed by atoms with Gasteiger partial charge in [-0.2, -0.15) is 0 Å². The molecular formula is C12H9N3S. The molecule has 16 heavy (non-hydrogen) atoms. The molecule has 1 aromatic carbocycles. The topological polar surface area (TPSA) is 33.1 Å². The van der Waals surface area contributed by atoms with Crippen LogP contribution in [0.1, 0.15) is 0 Å². The maximum Gasteiger partial charge on any atom is 0.182 e. The van der Waals surface area contributed by atoms with Gasteiger partial charge in [-0.1, -0.05) is 30.3 Å². The number of rotatable bonds is 1. The predicted octanol–water partition coefficient (Wildman–Crippen LogP) is 3.06. The van der Waals surface area contributed by atoms with Crippen molar-refractivity contribution in [2.75, 3.05) is 0 Å². The summed E-state index contributed by atoms with van der Waals surface area (Å²) >= 11 is 5.25. The van der Waals surface area contributed by atoms with Crippen LogP contribution in [0.15, 0.2) is 48.9 Å². The number of hydrogen-bond acceptors (Lipinski definition) is 2. The molecule has 2 aromatic heterocycles. The fourth-order valence-electron chi connectivity index (χ4n) is 1.78. The first-order valence-corrected chi connectivity index (χ1v) is 5.37. The standard InChI is InChI=1S/C12H9N3S/c16-12-14-11(9-4-2-1-3-5-9)10-8-13-6-7-15(10)12/h1-8H,(H,14,16). The van der Waals surface area contributed by atoms with Crippen molar-refractivity contribution in [3.05, 3.63) is 53.7 Å². The highest BCUT2D eigenvalue weighted by molar-refractivity contribution is 7.71. The highest BCUT2D eigenvalue weighted by Crippen LogP contribution is 2.22. The average molecular weight is 227 g/mol. The number of nitrogens with one attached hydrogen (secondary N) is 1. The van der Waals surface area contributed by atoms with Gasteiger partial charge in [-0.15, -0.1) is 0 Å². The Labute approximate surface area is 97.4 Å². The van der Waals surface area contributed by atoms with E-state index in [2.05, 4.69) is 9.97 Å². The van der Waals surface area contributed by atoms with E-state index in [9.17, 15) is 0 Å². The zero-order valence-electron chi connectivity index (χ0n) is 8.42. The Kier molecular flexibility index (Phi) is 2.08. The number of nitrogens with zero attached hydrogens (tertiary/aromatic N) is 2. The molecule has 0 aliphatic carbocycles. The van der Waals surface area contributed by atoms with Crippen LogP contribution in [0.3, 0.4) is 0 Å². The molecule has 3 aromatic rings. The SMILES string of the molecule is S=c1[nH]c(-c2ccccc2)c2cnccn12. The summed E-state index contributed by atoms with van der Waals surface area (Å²) in [6.07, 6.45) is 5.40. The molecule has 2 heterocycles. The number of aromatic nitrogens is 3. The molecule has 1 N–H and O–H groups in total. The molecule has 0 atom stereocenters. The molecular weight excluding hydrogens is 218 g/mol. The second kappa shape index (κ2) is 3.57. The van der Waals surface area contributed by atoms with E-state index in [4.69, 9.17) is 12.2 Å². The number of imidazole rings is 1. The number of fused-ring (bicyclic) bond motifs is 1. The van der Waals surface area contributed by atoms with Crippen LogP contribution in [-0.2, 0) is 0 Å². The highest BCUT2D eigenvalue weighted by atomic mass is 32.1. The van der Waals surface area contributed by atoms with Crippen molar-refractivity contribution < 1.29 is 0 Å². The van der Waals surface area contributed by atoms with Crippen LogP contribution in [0.25, 0.3) is 16.8 Å². The molecule has 0 saturated heterocycles. The van der Waals surface area contributed by atoms with Crippen LogP contribution in [0.4, 0.5) is 0 Å². The largest absolute Gasteiger partial charge is 0.330 e. The highest BCUT2D eigenvalue weighted by Gasteiger charge is 2.06. The van der Waals surface area contributed by atoms with E-state index < -0.39 is 0 Å². The zero-order valence-corrected chi connectivity index (χ0v) is 9.24. The molecule has 0 bridgehead atoms. The minimum absolute atomic E-state index is 0.691. The van der Waals surface area contributed by atoms with E-state index >= 15 is 0 Å². The van der Waals surface area contributed by atoms with E-state index in [0.717, 1.165) is 16.8 Å². The van der Waals surface area contributed by atoms with Crippen molar-refractivity contribution in [2.24, 2.45) is 0 Å². The maximum atomic E-state index is 5.25. The number of benzene rings is 1. The van der Waals surface area contributed by atoms with Gasteiger partial charge < -0.3 is 4.98 Å². The molecule has 0 aliphatic rings. The molecule has 0 spiro atoms. The lowest BCUT2D eigenvalue weighted by molar-refractivity contribution is 1.09. The predicted molar refractivity (Wildman–Crippen MR) is 65.8 cm³/mol. The van der Waals surface area contributed by atoms with Crippen molar-refractivity contribution in [1.82, 2.24) is 14.4 Å². The monoisotopic (exact) mass is 227 g/mol. The van der Waals surface area contributed by atoms with Crippen molar-refractivity contribution in [2.45, 2.75) is 0 Å². The number of H-pyrrole nitrogens is 1. The summed E-state index contributed by atoms with van der Waals surface area (Å²) in [4.78, 5) is 7.33. The van der Waals surface area contributed by atoms with Gasteiger partial charge in [0.15, 0.2) is 4.77 Å². The summed E-state index contributed by atoms with van der Waals surface area (Å²) in [5.74, 6) is 0. The van der Waals surface area contributed by atoms with Gasteiger partial charge in [0.1, 0.15) is 0 Å². The smallest absolute Gasteiger partial charge is 0.182 e. The zero-order chi connectivity index (χ0) is 11.0. The second-order valence-electron chi connectivity index (χ2n) is 3.50. The van der Waals surface area contributed by atoms with E-state index in [1.54, 1.807) is 6.20 Å². The Morgan fingerprint density at radius 3 is 2.81 bits per heavy atom. The van der Waals surface area contributed by atoms with Crippen LogP contribution < -0.4 is 0 Å². The Morgan fingerprint density at radius 2 is 2.00 bits per heavy atom. The van der Waals surface area contributed by atoms with Crippen LogP contribution in [0.2, 0.25) is 0 Å². The minimum Gasteiger partial charge on any atom is -0.330 e. The van der Waals surface area contributed by atoms with Gasteiger partial charge in [0.25, 0.3) is 0 Å². The molecule has 0 aliphatic heterocycles. The Bertz CT molecular complexity index is 682. The molecule has 78 valence electrons. The summed E-state index contributed by atoms with van der Waals surface area (Å²) in [6, 6.07) is 10.1. The molecule has 0 unspecified atom stereocenters. The van der Waals surface area contributed by atoms with Crippen LogP contribution in [-0.4, -0.2) is 14.4 Å². The summed E-state index contributed by atoms with van der Waals surface area (Å²) in [5.41, 5.74) is 3.13. The van der Waals surface area contributed by atoms with Gasteiger partial charge in [-0.05, 0) is 12.2 Å². The Morgan fingerprint density at radius 1 is 1.19 bits per heavy atom. The van der Waals surface area contributed by atoms with E-state index in [1.807, 2.05) is 47.1 Å². The van der Waals surface area contributed by atoms with Crippen LogP contribution in [0.5, 0.6) is 0 Å². The Hall–Kier alpha value is -1.94. The average Bonchev–Trinajstić information content (AvgIpc) is 2.69. The fourth-order valence-corrected chi connectivity index (χ4v) is 2.04. The quantitative estimate of drug-likeness (QED) is 0.648. The third-order valence-electron chi connectivity index (χ3n) is 2.53. The summed E-state index contributed by atoms with van der Waals surface area (Å²) < 4.78 is 2.61. The maximum absolute atomic E-state index is 5.25. The lowest BCUT2D eigenvalue weighted by atomic mass is 10.1. The number of hydrogen-bond donors (Lipinski definition) is 1. The molecule has 0 saturated carbocycles. The first-order valence-electron chi connectivity index (χ1n) is 4.96. The van der Waals surface area contributed by atoms with Gasteiger partial charge in [0.2, 0.25) is 0 Å². The van der Waals surface area contributed by atoms with E-state index in [1.165, 1.54) is 0 Å². The van der Waals surface area contributed by atoms with E-state index in [-0.39, 0.29) is 0 Å². The van der Waals surface area contributed by atoms with Crippen molar-refractivity contribution in [3.8, 4) is 11.3 Å². The molecule has 0 fully saturated rings. The van der Waals surface area contributed by atoms with E-state index in [0.29, 0.717) is 4.77 Å². The van der Waals surface area contributed by atoms with Gasteiger partial charge in [0.05, 0.1) is 17.4 Å². The van der Waals surface area contributed by atoms with Crippen molar-refractivity contribution >= 4 is 17.7 Å². The molecule has 3 nitrogen and oxygen atoms in total. The second-order valence-corrected chi connectivity index (χ2v) is 3.89. The van der Waals surface area contributed by atoms with Gasteiger partial charge in [-0.3, -0.25) is 9.38 Å². The lowest BCUT2D eigenvalue weighted by Gasteiger charge is -1.97. The molecule has 3 rings (SSSR count). The first kappa shape index (κ1) is 9.30. The third-order valence-corrected chi connectivity index (χ3v) is 2.83. The normalized spacial score (nSPS) is 10.8. The molecule has 0 radical (unpaired) electrons. The van der Waals surface area contributed by atoms with Gasteiger partial charge >= 0.3 is 0 Å². The minimum atomic E-state index is 0.691. The lowest BCUT2D eigenvalue weighted by Crippen LogP contribution is -1.84. The van der Waals surface area contributed by atoms with Crippen molar-refractivity contribution in [1.29, 1.82) is 0 Å². The summed E-state index contributed by atoms with van der Waals surface area (Å²) in [6.45, 7) is 0. The molecule has 0 amide bonds.